The zero-order chi connectivity index (χ0) is 15.6. The average molecular weight is 303 g/mol. The van der Waals surface area contributed by atoms with Crippen LogP contribution >= 0.6 is 0 Å². The van der Waals surface area contributed by atoms with Crippen LogP contribution in [0.15, 0.2) is 72.0 Å². The summed E-state index contributed by atoms with van der Waals surface area (Å²) in [6.07, 6.45) is 6.85. The summed E-state index contributed by atoms with van der Waals surface area (Å²) >= 11 is 0. The fourth-order valence-electron chi connectivity index (χ4n) is 2.50. The highest BCUT2D eigenvalue weighted by Crippen LogP contribution is 2.25. The summed E-state index contributed by atoms with van der Waals surface area (Å²) in [6.45, 7) is 0. The average Bonchev–Trinajstić information content (AvgIpc) is 2.99. The molecule has 0 bridgehead atoms. The minimum Gasteiger partial charge on any atom is -0.359 e. The fraction of sp³-hybridized carbons (Fsp3) is 0. The van der Waals surface area contributed by atoms with Crippen LogP contribution in [0, 0.1) is 0 Å². The Kier molecular flexibility index (Phi) is 3.12. The van der Waals surface area contributed by atoms with Crippen LogP contribution in [0.3, 0.4) is 0 Å². The molecule has 0 amide bonds. The molecule has 3 aromatic heterocycles. The van der Waals surface area contributed by atoms with Crippen LogP contribution in [-0.4, -0.2) is 19.7 Å². The first kappa shape index (κ1) is 13.3. The Morgan fingerprint density at radius 2 is 1.87 bits per heavy atom. The molecule has 0 fully saturated rings. The molecule has 1 aromatic carbocycles. The van der Waals surface area contributed by atoms with E-state index in [9.17, 15) is 4.79 Å². The van der Waals surface area contributed by atoms with Gasteiger partial charge in [-0.05, 0) is 36.4 Å². The van der Waals surface area contributed by atoms with Gasteiger partial charge in [-0.15, -0.1) is 0 Å². The lowest BCUT2D eigenvalue weighted by atomic mass is 10.2. The predicted molar refractivity (Wildman–Crippen MR) is 89.2 cm³/mol. The SMILES string of the molecule is O=c1cccnn1-c1c[nH]c2ccc(Nc3ccncc3)cc12. The zero-order valence-corrected chi connectivity index (χ0v) is 12.1. The molecule has 4 aromatic rings. The Morgan fingerprint density at radius 3 is 2.70 bits per heavy atom. The highest BCUT2D eigenvalue weighted by atomic mass is 16.1. The van der Waals surface area contributed by atoms with Gasteiger partial charge in [0.25, 0.3) is 5.56 Å². The Morgan fingerprint density at radius 1 is 1.00 bits per heavy atom. The van der Waals surface area contributed by atoms with E-state index < -0.39 is 0 Å². The number of hydrogen-bond acceptors (Lipinski definition) is 4. The van der Waals surface area contributed by atoms with Gasteiger partial charge < -0.3 is 10.3 Å². The van der Waals surface area contributed by atoms with Crippen LogP contribution in [-0.2, 0) is 0 Å². The second-order valence-electron chi connectivity index (χ2n) is 5.07. The number of nitrogens with zero attached hydrogens (tertiary/aromatic N) is 3. The third kappa shape index (κ3) is 2.46. The molecule has 0 unspecified atom stereocenters. The maximum Gasteiger partial charge on any atom is 0.271 e. The highest BCUT2D eigenvalue weighted by molar-refractivity contribution is 5.91. The van der Waals surface area contributed by atoms with E-state index in [1.807, 2.05) is 30.3 Å². The van der Waals surface area contributed by atoms with Gasteiger partial charge >= 0.3 is 0 Å². The van der Waals surface area contributed by atoms with E-state index in [0.717, 1.165) is 28.0 Å². The quantitative estimate of drug-likeness (QED) is 0.610. The summed E-state index contributed by atoms with van der Waals surface area (Å²) in [5.74, 6) is 0. The number of benzene rings is 1. The summed E-state index contributed by atoms with van der Waals surface area (Å²) in [5, 5.41) is 8.38. The Labute approximate surface area is 131 Å². The smallest absolute Gasteiger partial charge is 0.271 e. The van der Waals surface area contributed by atoms with E-state index >= 15 is 0 Å². The fourth-order valence-corrected chi connectivity index (χ4v) is 2.50. The molecule has 6 heteroatoms. The van der Waals surface area contributed by atoms with Gasteiger partial charge in [0.2, 0.25) is 0 Å². The number of aromatic amines is 1. The molecule has 0 saturated carbocycles. The first-order valence-corrected chi connectivity index (χ1v) is 7.14. The lowest BCUT2D eigenvalue weighted by molar-refractivity contribution is 0.812. The van der Waals surface area contributed by atoms with Crippen molar-refractivity contribution in [2.75, 3.05) is 5.32 Å². The molecule has 4 rings (SSSR count). The van der Waals surface area contributed by atoms with Crippen LogP contribution in [0.2, 0.25) is 0 Å². The van der Waals surface area contributed by atoms with Gasteiger partial charge in [0.05, 0.1) is 5.69 Å². The first-order valence-electron chi connectivity index (χ1n) is 7.14. The summed E-state index contributed by atoms with van der Waals surface area (Å²) < 4.78 is 1.38. The number of nitrogens with one attached hydrogen (secondary N) is 2. The number of fused-ring (bicyclic) bond motifs is 1. The number of anilines is 2. The van der Waals surface area contributed by atoms with Crippen LogP contribution in [0.1, 0.15) is 0 Å². The number of H-pyrrole nitrogens is 1. The van der Waals surface area contributed by atoms with Crippen LogP contribution in [0.25, 0.3) is 16.6 Å². The van der Waals surface area contributed by atoms with Gasteiger partial charge in [-0.2, -0.15) is 9.78 Å². The topological polar surface area (TPSA) is 75.6 Å². The summed E-state index contributed by atoms with van der Waals surface area (Å²) in [4.78, 5) is 19.2. The molecule has 0 spiro atoms. The van der Waals surface area contributed by atoms with Gasteiger partial charge in [0.1, 0.15) is 0 Å². The number of rotatable bonds is 3. The lowest BCUT2D eigenvalue weighted by Crippen LogP contribution is -2.18. The molecule has 0 aliphatic carbocycles. The molecule has 112 valence electrons. The molecule has 0 aliphatic rings. The molecule has 0 radical (unpaired) electrons. The zero-order valence-electron chi connectivity index (χ0n) is 12.1. The molecule has 0 aliphatic heterocycles. The van der Waals surface area contributed by atoms with E-state index in [1.54, 1.807) is 30.9 Å². The van der Waals surface area contributed by atoms with Crippen LogP contribution < -0.4 is 10.9 Å². The molecular formula is C17H13N5O. The molecular weight excluding hydrogens is 290 g/mol. The summed E-state index contributed by atoms with van der Waals surface area (Å²) in [6, 6.07) is 12.8. The van der Waals surface area contributed by atoms with Crippen molar-refractivity contribution in [1.29, 1.82) is 0 Å². The van der Waals surface area contributed by atoms with Crippen molar-refractivity contribution in [3.05, 3.63) is 77.6 Å². The maximum atomic E-state index is 12.0. The predicted octanol–water partition coefficient (Wildman–Crippen LogP) is 2.85. The van der Waals surface area contributed by atoms with Crippen molar-refractivity contribution in [1.82, 2.24) is 19.7 Å². The van der Waals surface area contributed by atoms with Crippen molar-refractivity contribution in [2.45, 2.75) is 0 Å². The van der Waals surface area contributed by atoms with Crippen molar-refractivity contribution in [2.24, 2.45) is 0 Å². The summed E-state index contributed by atoms with van der Waals surface area (Å²) in [7, 11) is 0. The molecule has 3 heterocycles. The Bertz CT molecular complexity index is 1020. The van der Waals surface area contributed by atoms with Crippen molar-refractivity contribution < 1.29 is 0 Å². The Balaban J connectivity index is 1.81. The monoisotopic (exact) mass is 303 g/mol. The van der Waals surface area contributed by atoms with E-state index in [2.05, 4.69) is 20.4 Å². The molecule has 23 heavy (non-hydrogen) atoms. The molecule has 6 nitrogen and oxygen atoms in total. The second kappa shape index (κ2) is 5.42. The molecule has 0 atom stereocenters. The summed E-state index contributed by atoms with van der Waals surface area (Å²) in [5.41, 5.74) is 3.38. The number of aromatic nitrogens is 4. The third-order valence-electron chi connectivity index (χ3n) is 3.57. The van der Waals surface area contributed by atoms with E-state index in [-0.39, 0.29) is 5.56 Å². The Hall–Kier alpha value is -3.41. The molecule has 0 saturated heterocycles. The van der Waals surface area contributed by atoms with Gasteiger partial charge in [0.15, 0.2) is 0 Å². The van der Waals surface area contributed by atoms with Gasteiger partial charge in [-0.1, -0.05) is 0 Å². The normalized spacial score (nSPS) is 10.8. The van der Waals surface area contributed by atoms with Gasteiger partial charge in [-0.3, -0.25) is 9.78 Å². The van der Waals surface area contributed by atoms with Crippen LogP contribution in [0.5, 0.6) is 0 Å². The number of hydrogen-bond donors (Lipinski definition) is 2. The van der Waals surface area contributed by atoms with E-state index in [0.29, 0.717) is 0 Å². The standard InChI is InChI=1S/C17H13N5O/c23-17-2-1-7-20-22(17)16-11-19-15-4-3-13(10-14(15)16)21-12-5-8-18-9-6-12/h1-11,19H,(H,18,21). The molecule has 2 N–H and O–H groups in total. The highest BCUT2D eigenvalue weighted by Gasteiger charge is 2.08. The lowest BCUT2D eigenvalue weighted by Gasteiger charge is -2.07. The number of pyridine rings is 1. The van der Waals surface area contributed by atoms with Gasteiger partial charge in [0, 0.05) is 53.1 Å². The minimum absolute atomic E-state index is 0.166. The van der Waals surface area contributed by atoms with Crippen molar-refractivity contribution in [3.63, 3.8) is 0 Å². The van der Waals surface area contributed by atoms with Crippen LogP contribution in [0.4, 0.5) is 11.4 Å². The largest absolute Gasteiger partial charge is 0.359 e. The van der Waals surface area contributed by atoms with Crippen molar-refractivity contribution >= 4 is 22.3 Å². The minimum atomic E-state index is -0.166. The first-order chi connectivity index (χ1) is 11.3. The van der Waals surface area contributed by atoms with Gasteiger partial charge in [-0.25, -0.2) is 0 Å². The van der Waals surface area contributed by atoms with E-state index in [1.165, 1.54) is 10.7 Å². The third-order valence-corrected chi connectivity index (χ3v) is 3.57. The van der Waals surface area contributed by atoms with Crippen molar-refractivity contribution in [3.8, 4) is 5.69 Å². The second-order valence-corrected chi connectivity index (χ2v) is 5.07. The van der Waals surface area contributed by atoms with E-state index in [4.69, 9.17) is 0 Å². The maximum absolute atomic E-state index is 12.0.